The van der Waals surface area contributed by atoms with Crippen LogP contribution in [0.3, 0.4) is 0 Å². The molecule has 0 spiro atoms. The minimum absolute atomic E-state index is 0.186. The summed E-state index contributed by atoms with van der Waals surface area (Å²) in [6, 6.07) is 5.52. The van der Waals surface area contributed by atoms with E-state index in [0.717, 1.165) is 47.9 Å². The Morgan fingerprint density at radius 1 is 1.42 bits per heavy atom. The molecule has 1 saturated heterocycles. The first kappa shape index (κ1) is 14.1. The summed E-state index contributed by atoms with van der Waals surface area (Å²) in [4.78, 5) is 10.5. The van der Waals surface area contributed by atoms with E-state index >= 15 is 0 Å². The Hall–Kier alpha value is -1.33. The molecule has 102 valence electrons. The quantitative estimate of drug-likeness (QED) is 0.864. The topological polar surface area (TPSA) is 55.8 Å². The van der Waals surface area contributed by atoms with Crippen molar-refractivity contribution in [1.82, 2.24) is 0 Å². The Morgan fingerprint density at radius 2 is 2.16 bits per heavy atom. The van der Waals surface area contributed by atoms with Crippen molar-refractivity contribution in [3.8, 4) is 5.75 Å². The first-order valence-corrected chi connectivity index (χ1v) is 6.89. The van der Waals surface area contributed by atoms with E-state index in [1.54, 1.807) is 6.08 Å². The van der Waals surface area contributed by atoms with Crippen molar-refractivity contribution in [1.29, 1.82) is 0 Å². The summed E-state index contributed by atoms with van der Waals surface area (Å²) in [6.45, 7) is 1.48. The zero-order chi connectivity index (χ0) is 13.7. The highest BCUT2D eigenvalue weighted by Gasteiger charge is 2.16. The number of carboxylic acids is 1. The number of halogens is 1. The first-order valence-electron chi connectivity index (χ1n) is 6.10. The zero-order valence-electron chi connectivity index (χ0n) is 10.3. The fraction of sp³-hybridized carbons (Fsp3) is 0.357. The fourth-order valence-electron chi connectivity index (χ4n) is 1.86. The van der Waals surface area contributed by atoms with E-state index < -0.39 is 5.97 Å². The molecule has 1 aliphatic rings. The summed E-state index contributed by atoms with van der Waals surface area (Å²) >= 11 is 3.44. The molecule has 0 bridgehead atoms. The Kier molecular flexibility index (Phi) is 4.99. The molecular weight excluding hydrogens is 312 g/mol. The fourth-order valence-corrected chi connectivity index (χ4v) is 2.35. The maximum Gasteiger partial charge on any atom is 0.328 e. The number of rotatable bonds is 4. The maximum absolute atomic E-state index is 10.5. The molecule has 4 nitrogen and oxygen atoms in total. The Labute approximate surface area is 120 Å². The van der Waals surface area contributed by atoms with Gasteiger partial charge in [0.05, 0.1) is 17.7 Å². The van der Waals surface area contributed by atoms with Crippen molar-refractivity contribution in [3.63, 3.8) is 0 Å². The van der Waals surface area contributed by atoms with Crippen LogP contribution in [0.2, 0.25) is 0 Å². The summed E-state index contributed by atoms with van der Waals surface area (Å²) in [6.07, 6.45) is 4.64. The molecule has 2 rings (SSSR count). The van der Waals surface area contributed by atoms with Crippen LogP contribution in [-0.4, -0.2) is 30.4 Å². The van der Waals surface area contributed by atoms with Crippen LogP contribution in [0.1, 0.15) is 18.4 Å². The van der Waals surface area contributed by atoms with Gasteiger partial charge in [0.2, 0.25) is 0 Å². The van der Waals surface area contributed by atoms with Gasteiger partial charge in [-0.15, -0.1) is 0 Å². The minimum Gasteiger partial charge on any atom is -0.489 e. The summed E-state index contributed by atoms with van der Waals surface area (Å²) in [5.74, 6) is -0.182. The second-order valence-electron chi connectivity index (χ2n) is 4.29. The van der Waals surface area contributed by atoms with Gasteiger partial charge in [0.1, 0.15) is 11.9 Å². The molecule has 1 heterocycles. The molecule has 1 N–H and O–H groups in total. The lowest BCUT2D eigenvalue weighted by Gasteiger charge is -2.23. The monoisotopic (exact) mass is 326 g/mol. The number of carboxylic acid groups (broad SMARTS) is 1. The van der Waals surface area contributed by atoms with Crippen LogP contribution in [0, 0.1) is 0 Å². The second-order valence-corrected chi connectivity index (χ2v) is 5.15. The summed E-state index contributed by atoms with van der Waals surface area (Å²) in [7, 11) is 0. The van der Waals surface area contributed by atoms with Gasteiger partial charge in [-0.1, -0.05) is 6.07 Å². The smallest absolute Gasteiger partial charge is 0.328 e. The molecule has 0 aliphatic carbocycles. The lowest BCUT2D eigenvalue weighted by Crippen LogP contribution is -2.25. The largest absolute Gasteiger partial charge is 0.489 e. The molecule has 0 amide bonds. The van der Waals surface area contributed by atoms with Crippen molar-refractivity contribution >= 4 is 28.0 Å². The van der Waals surface area contributed by atoms with Gasteiger partial charge in [-0.2, -0.15) is 0 Å². The Balaban J connectivity index is 2.04. The van der Waals surface area contributed by atoms with Crippen LogP contribution >= 0.6 is 15.9 Å². The van der Waals surface area contributed by atoms with E-state index in [4.69, 9.17) is 14.6 Å². The van der Waals surface area contributed by atoms with Gasteiger partial charge in [0.15, 0.2) is 0 Å². The molecule has 0 aromatic heterocycles. The van der Waals surface area contributed by atoms with Gasteiger partial charge in [-0.05, 0) is 39.7 Å². The highest BCUT2D eigenvalue weighted by atomic mass is 79.9. The third-order valence-electron chi connectivity index (χ3n) is 2.84. The molecule has 5 heteroatoms. The van der Waals surface area contributed by atoms with E-state index in [-0.39, 0.29) is 6.10 Å². The molecule has 1 aromatic carbocycles. The van der Waals surface area contributed by atoms with Crippen LogP contribution in [0.4, 0.5) is 0 Å². The molecule has 19 heavy (non-hydrogen) atoms. The molecule has 0 saturated carbocycles. The van der Waals surface area contributed by atoms with E-state index in [9.17, 15) is 4.79 Å². The van der Waals surface area contributed by atoms with E-state index in [1.807, 2.05) is 18.2 Å². The van der Waals surface area contributed by atoms with Crippen LogP contribution < -0.4 is 4.74 Å². The molecule has 1 aliphatic heterocycles. The lowest BCUT2D eigenvalue weighted by molar-refractivity contribution is -0.131. The molecule has 1 aromatic rings. The average Bonchev–Trinajstić information content (AvgIpc) is 2.40. The third-order valence-corrected chi connectivity index (χ3v) is 3.46. The highest BCUT2D eigenvalue weighted by Crippen LogP contribution is 2.29. The van der Waals surface area contributed by atoms with Crippen molar-refractivity contribution in [2.75, 3.05) is 13.2 Å². The summed E-state index contributed by atoms with van der Waals surface area (Å²) in [5, 5.41) is 8.58. The molecule has 1 fully saturated rings. The summed E-state index contributed by atoms with van der Waals surface area (Å²) in [5.41, 5.74) is 0.814. The van der Waals surface area contributed by atoms with E-state index in [1.165, 1.54) is 0 Å². The zero-order valence-corrected chi connectivity index (χ0v) is 11.9. The molecular formula is C14H15BrO4. The first-order chi connectivity index (χ1) is 9.15. The van der Waals surface area contributed by atoms with Gasteiger partial charge in [-0.25, -0.2) is 4.79 Å². The van der Waals surface area contributed by atoms with Gasteiger partial charge in [0, 0.05) is 18.9 Å². The summed E-state index contributed by atoms with van der Waals surface area (Å²) < 4.78 is 12.0. The van der Waals surface area contributed by atoms with Gasteiger partial charge in [-0.3, -0.25) is 0 Å². The number of carbonyl (C=O) groups is 1. The predicted octanol–water partition coefficient (Wildman–Crippen LogP) is 3.10. The highest BCUT2D eigenvalue weighted by molar-refractivity contribution is 9.10. The van der Waals surface area contributed by atoms with Gasteiger partial charge < -0.3 is 14.6 Å². The molecule has 0 atom stereocenters. The van der Waals surface area contributed by atoms with Crippen molar-refractivity contribution in [3.05, 3.63) is 34.3 Å². The maximum atomic E-state index is 10.5. The van der Waals surface area contributed by atoms with Gasteiger partial charge in [0.25, 0.3) is 0 Å². The number of ether oxygens (including phenoxy) is 2. The van der Waals surface area contributed by atoms with Crippen molar-refractivity contribution in [2.24, 2.45) is 0 Å². The number of hydrogen-bond acceptors (Lipinski definition) is 3. The predicted molar refractivity (Wildman–Crippen MR) is 75.3 cm³/mol. The second kappa shape index (κ2) is 6.73. The van der Waals surface area contributed by atoms with Gasteiger partial charge >= 0.3 is 5.97 Å². The van der Waals surface area contributed by atoms with E-state index in [0.29, 0.717) is 0 Å². The van der Waals surface area contributed by atoms with Crippen LogP contribution in [0.5, 0.6) is 5.75 Å². The average molecular weight is 327 g/mol. The lowest BCUT2D eigenvalue weighted by atomic mass is 10.1. The number of benzene rings is 1. The number of hydrogen-bond donors (Lipinski definition) is 1. The van der Waals surface area contributed by atoms with E-state index in [2.05, 4.69) is 15.9 Å². The molecule has 0 radical (unpaired) electrons. The molecule has 0 unspecified atom stereocenters. The normalized spacial score (nSPS) is 16.7. The van der Waals surface area contributed by atoms with Crippen LogP contribution in [-0.2, 0) is 9.53 Å². The Bertz CT molecular complexity index is 478. The SMILES string of the molecule is O=C(O)C=Cc1ccc(OC2CCOCC2)c(Br)c1. The Morgan fingerprint density at radius 3 is 2.79 bits per heavy atom. The standard InChI is InChI=1S/C14H15BrO4/c15-12-9-10(2-4-14(16)17)1-3-13(12)19-11-5-7-18-8-6-11/h1-4,9,11H,5-8H2,(H,16,17). The third kappa shape index (κ3) is 4.36. The van der Waals surface area contributed by atoms with Crippen LogP contribution in [0.15, 0.2) is 28.7 Å². The minimum atomic E-state index is -0.960. The van der Waals surface area contributed by atoms with Crippen LogP contribution in [0.25, 0.3) is 6.08 Å². The van der Waals surface area contributed by atoms with Crippen molar-refractivity contribution < 1.29 is 19.4 Å². The number of aliphatic carboxylic acids is 1. The van der Waals surface area contributed by atoms with Crippen molar-refractivity contribution in [2.45, 2.75) is 18.9 Å².